The Morgan fingerprint density at radius 3 is 2.07 bits per heavy atom. The van der Waals surface area contributed by atoms with Crippen LogP contribution in [0.15, 0.2) is 0 Å². The molecule has 8 heteroatoms. The summed E-state index contributed by atoms with van der Waals surface area (Å²) < 4.78 is 6.34. The summed E-state index contributed by atoms with van der Waals surface area (Å²) in [7, 11) is 0. The first-order chi connectivity index (χ1) is 26.7. The summed E-state index contributed by atoms with van der Waals surface area (Å²) in [5.41, 5.74) is 0.0391. The summed E-state index contributed by atoms with van der Waals surface area (Å²) in [6.45, 7) is 29.1. The Morgan fingerprint density at radius 2 is 1.40 bits per heavy atom. The SMILES string of the molecule is CCN1CCN(C[C@@H]2CCCN2C(=O)[C@]23CC[C@@H](C4(C)CC4)[C@@H]2[C@H]2CC[C@@H]4[C@@]5(C)CC[C@H](OC(=O)CC(C)(C)CC(=O)O)C(C)(C)[C@@H]5CC[C@@]4(C)[C@]2(C)CC3)CC1. The maximum absolute atomic E-state index is 15.6. The van der Waals surface area contributed by atoms with Crippen molar-refractivity contribution in [2.45, 2.75) is 177 Å². The summed E-state index contributed by atoms with van der Waals surface area (Å²) in [5.74, 6) is 2.31. The number of hydrogen-bond donors (Lipinski definition) is 1. The number of aliphatic carboxylic acids is 1. The summed E-state index contributed by atoms with van der Waals surface area (Å²) in [5, 5.41) is 9.41. The zero-order valence-electron chi connectivity index (χ0n) is 37.7. The molecule has 0 unspecified atom stereocenters. The molecule has 2 saturated heterocycles. The molecule has 2 heterocycles. The third-order valence-electron chi connectivity index (χ3n) is 20.3. The van der Waals surface area contributed by atoms with Gasteiger partial charge in [0.25, 0.3) is 0 Å². The van der Waals surface area contributed by atoms with Gasteiger partial charge in [-0.2, -0.15) is 0 Å². The highest BCUT2D eigenvalue weighted by Gasteiger charge is 2.74. The standard InChI is InChI=1S/C49H81N3O5/c1-10-50-26-28-51(29-27-50)32-33-12-11-25-52(33)42(56)49-20-15-34(45(6)21-22-45)41(49)35-13-14-37-46(7)18-17-38(57-40(55)31-43(2,3)30-39(53)54)44(4,5)36(46)16-19-48(37,9)47(35,8)23-24-49/h33-38,41H,10-32H2,1-9H3,(H,53,54)/t33-,34+,35+,36-,37+,38-,41+,46-,47+,48+,49-/m0/s1. The molecule has 6 saturated carbocycles. The maximum Gasteiger partial charge on any atom is 0.306 e. The van der Waals surface area contributed by atoms with Crippen molar-refractivity contribution in [3.63, 3.8) is 0 Å². The number of carboxylic acid groups (broad SMARTS) is 1. The molecule has 0 radical (unpaired) electrons. The number of rotatable bonds is 10. The van der Waals surface area contributed by atoms with Crippen molar-refractivity contribution in [1.29, 1.82) is 0 Å². The predicted molar refractivity (Wildman–Crippen MR) is 225 cm³/mol. The summed E-state index contributed by atoms with van der Waals surface area (Å²) in [6, 6.07) is 0.377. The van der Waals surface area contributed by atoms with E-state index in [-0.39, 0.29) is 52.0 Å². The maximum atomic E-state index is 15.6. The molecule has 0 bridgehead atoms. The second-order valence-electron chi connectivity index (χ2n) is 23.9. The summed E-state index contributed by atoms with van der Waals surface area (Å²) >= 11 is 0. The zero-order valence-corrected chi connectivity index (χ0v) is 37.7. The molecular formula is C49H81N3O5. The average molecular weight is 792 g/mol. The number of hydrogen-bond acceptors (Lipinski definition) is 6. The third-order valence-corrected chi connectivity index (χ3v) is 20.3. The van der Waals surface area contributed by atoms with Crippen molar-refractivity contribution in [3.8, 4) is 0 Å². The zero-order chi connectivity index (χ0) is 41.0. The molecule has 6 aliphatic carbocycles. The number of fused-ring (bicyclic) bond motifs is 7. The van der Waals surface area contributed by atoms with Gasteiger partial charge in [-0.05, 0) is 153 Å². The number of amides is 1. The molecule has 8 fully saturated rings. The van der Waals surface area contributed by atoms with E-state index in [0.717, 1.165) is 84.3 Å². The van der Waals surface area contributed by atoms with Crippen LogP contribution in [0.2, 0.25) is 0 Å². The van der Waals surface area contributed by atoms with Crippen LogP contribution in [-0.4, -0.2) is 95.6 Å². The highest BCUT2D eigenvalue weighted by molar-refractivity contribution is 5.84. The number of nitrogens with zero attached hydrogens (tertiary/aromatic N) is 3. The van der Waals surface area contributed by atoms with Crippen molar-refractivity contribution in [1.82, 2.24) is 14.7 Å². The Labute approximate surface area is 346 Å². The topological polar surface area (TPSA) is 90.4 Å². The van der Waals surface area contributed by atoms with E-state index in [1.165, 1.54) is 51.4 Å². The molecule has 11 atom stereocenters. The molecular weight excluding hydrogens is 711 g/mol. The number of carbonyl (C=O) groups excluding carboxylic acids is 2. The average Bonchev–Trinajstić information content (AvgIpc) is 3.51. The lowest BCUT2D eigenvalue weighted by molar-refractivity contribution is -0.251. The van der Waals surface area contributed by atoms with Gasteiger partial charge in [-0.25, -0.2) is 0 Å². The highest BCUT2D eigenvalue weighted by atomic mass is 16.5. The van der Waals surface area contributed by atoms with Crippen LogP contribution in [0.25, 0.3) is 0 Å². The Kier molecular flexibility index (Phi) is 10.7. The van der Waals surface area contributed by atoms with Gasteiger partial charge >= 0.3 is 11.9 Å². The van der Waals surface area contributed by atoms with Gasteiger partial charge in [0.2, 0.25) is 5.91 Å². The molecule has 0 aromatic carbocycles. The van der Waals surface area contributed by atoms with Crippen LogP contribution in [0.1, 0.15) is 165 Å². The van der Waals surface area contributed by atoms with Crippen molar-refractivity contribution >= 4 is 17.8 Å². The lowest BCUT2D eigenvalue weighted by atomic mass is 9.32. The molecule has 8 nitrogen and oxygen atoms in total. The Balaban J connectivity index is 1.03. The largest absolute Gasteiger partial charge is 0.481 e. The molecule has 8 rings (SSSR count). The number of ether oxygens (including phenoxy) is 1. The molecule has 57 heavy (non-hydrogen) atoms. The Morgan fingerprint density at radius 1 is 0.702 bits per heavy atom. The van der Waals surface area contributed by atoms with E-state index in [1.807, 2.05) is 13.8 Å². The van der Waals surface area contributed by atoms with Crippen LogP contribution >= 0.6 is 0 Å². The van der Waals surface area contributed by atoms with Gasteiger partial charge in [0.15, 0.2) is 0 Å². The molecule has 2 aliphatic heterocycles. The first kappa shape index (κ1) is 42.0. The smallest absolute Gasteiger partial charge is 0.306 e. The fraction of sp³-hybridized carbons (Fsp3) is 0.939. The Hall–Kier alpha value is -1.67. The minimum Gasteiger partial charge on any atom is -0.481 e. The van der Waals surface area contributed by atoms with Crippen molar-refractivity contribution in [3.05, 3.63) is 0 Å². The number of carbonyl (C=O) groups is 3. The van der Waals surface area contributed by atoms with E-state index < -0.39 is 11.4 Å². The minimum absolute atomic E-state index is 0.0389. The van der Waals surface area contributed by atoms with Crippen LogP contribution in [0.4, 0.5) is 0 Å². The van der Waals surface area contributed by atoms with E-state index in [2.05, 4.69) is 63.2 Å². The van der Waals surface area contributed by atoms with Crippen LogP contribution in [0.3, 0.4) is 0 Å². The number of likely N-dealkylation sites (tertiary alicyclic amines) is 1. The van der Waals surface area contributed by atoms with Crippen LogP contribution in [0, 0.1) is 67.5 Å². The first-order valence-corrected chi connectivity index (χ1v) is 23.9. The number of carboxylic acids is 1. The molecule has 0 aromatic rings. The van der Waals surface area contributed by atoms with Crippen LogP contribution in [-0.2, 0) is 19.1 Å². The summed E-state index contributed by atoms with van der Waals surface area (Å²) in [4.78, 5) is 48.1. The molecule has 8 aliphatic rings. The van der Waals surface area contributed by atoms with Gasteiger partial charge in [-0.3, -0.25) is 19.3 Å². The van der Waals surface area contributed by atoms with Gasteiger partial charge in [0, 0.05) is 50.7 Å². The number of esters is 1. The van der Waals surface area contributed by atoms with Crippen molar-refractivity contribution in [2.24, 2.45) is 67.5 Å². The fourth-order valence-electron chi connectivity index (χ4n) is 16.7. The normalized spacial score (nSPS) is 44.0. The molecule has 0 spiro atoms. The summed E-state index contributed by atoms with van der Waals surface area (Å²) in [6.07, 6.45) is 16.4. The Bertz CT molecular complexity index is 1560. The third kappa shape index (κ3) is 6.76. The van der Waals surface area contributed by atoms with E-state index in [4.69, 9.17) is 4.74 Å². The van der Waals surface area contributed by atoms with Gasteiger partial charge in [0.1, 0.15) is 6.10 Å². The van der Waals surface area contributed by atoms with Crippen LogP contribution in [0.5, 0.6) is 0 Å². The highest BCUT2D eigenvalue weighted by Crippen LogP contribution is 2.79. The lowest BCUT2D eigenvalue weighted by Gasteiger charge is -2.73. The van der Waals surface area contributed by atoms with Crippen LogP contribution < -0.4 is 0 Å². The number of piperazine rings is 1. The van der Waals surface area contributed by atoms with E-state index in [1.54, 1.807) is 0 Å². The first-order valence-electron chi connectivity index (χ1n) is 23.9. The monoisotopic (exact) mass is 792 g/mol. The van der Waals surface area contributed by atoms with Gasteiger partial charge in [0.05, 0.1) is 18.3 Å². The van der Waals surface area contributed by atoms with Gasteiger partial charge in [-0.15, -0.1) is 0 Å². The molecule has 0 aromatic heterocycles. The second-order valence-corrected chi connectivity index (χ2v) is 23.9. The van der Waals surface area contributed by atoms with Gasteiger partial charge < -0.3 is 19.6 Å². The second kappa shape index (κ2) is 14.5. The van der Waals surface area contributed by atoms with E-state index >= 15 is 4.79 Å². The minimum atomic E-state index is -0.872. The van der Waals surface area contributed by atoms with Gasteiger partial charge in [-0.1, -0.05) is 62.3 Å². The quantitative estimate of drug-likeness (QED) is 0.221. The molecule has 1 amide bonds. The fourth-order valence-corrected chi connectivity index (χ4v) is 16.7. The van der Waals surface area contributed by atoms with E-state index in [9.17, 15) is 14.7 Å². The number of likely N-dealkylation sites (N-methyl/N-ethyl adjacent to an activating group) is 1. The molecule has 1 N–H and O–H groups in total. The predicted octanol–water partition coefficient (Wildman–Crippen LogP) is 9.30. The lowest BCUT2D eigenvalue weighted by Crippen LogP contribution is -2.68. The van der Waals surface area contributed by atoms with E-state index in [0.29, 0.717) is 47.0 Å². The molecule has 322 valence electrons. The van der Waals surface area contributed by atoms with Crippen molar-refractivity contribution < 1.29 is 24.2 Å². The van der Waals surface area contributed by atoms with Crippen molar-refractivity contribution in [2.75, 3.05) is 45.8 Å².